The molecule has 2 atom stereocenters. The van der Waals surface area contributed by atoms with Gasteiger partial charge >= 0.3 is 11.9 Å². The molecule has 0 aliphatic heterocycles. The fourth-order valence-electron chi connectivity index (χ4n) is 6.30. The van der Waals surface area contributed by atoms with E-state index in [-0.39, 0.29) is 25.2 Å². The van der Waals surface area contributed by atoms with Gasteiger partial charge in [-0.2, -0.15) is 0 Å². The molecule has 0 saturated heterocycles. The number of esters is 2. The number of hydrogen-bond acceptors (Lipinski definition) is 5. The Labute approximate surface area is 293 Å². The van der Waals surface area contributed by atoms with Crippen molar-refractivity contribution in [2.75, 3.05) is 13.2 Å². The molecule has 1 unspecified atom stereocenters. The Balaban J connectivity index is 3.49. The van der Waals surface area contributed by atoms with Crippen LogP contribution in [0.15, 0.2) is 0 Å². The average molecular weight is 667 g/mol. The van der Waals surface area contributed by atoms with E-state index in [1.807, 2.05) is 0 Å². The fourth-order valence-corrected chi connectivity index (χ4v) is 6.30. The summed E-state index contributed by atoms with van der Waals surface area (Å²) in [6.07, 6.45) is 37.3. The number of rotatable bonds is 37. The highest BCUT2D eigenvalue weighted by Gasteiger charge is 2.16. The lowest BCUT2D eigenvalue weighted by Crippen LogP contribution is -2.28. The van der Waals surface area contributed by atoms with Crippen LogP contribution >= 0.6 is 0 Å². The van der Waals surface area contributed by atoms with Crippen molar-refractivity contribution in [3.63, 3.8) is 0 Å². The highest BCUT2D eigenvalue weighted by Crippen LogP contribution is 2.17. The van der Waals surface area contributed by atoms with Crippen LogP contribution in [0.1, 0.15) is 227 Å². The molecule has 5 heteroatoms. The Morgan fingerprint density at radius 3 is 1.19 bits per heavy atom. The number of aliphatic hydroxyl groups is 1. The summed E-state index contributed by atoms with van der Waals surface area (Å²) in [5.74, 6) is 1.16. The molecule has 0 radical (unpaired) electrons. The van der Waals surface area contributed by atoms with Gasteiger partial charge in [-0.15, -0.1) is 0 Å². The molecule has 0 aliphatic rings. The van der Waals surface area contributed by atoms with E-state index in [2.05, 4.69) is 27.7 Å². The SMILES string of the molecule is CCC(C)CCCCCCCCCCCCC(=O)O[C@@H](CO)COC(=O)CCCCCCCCCCCCCCCCCCC(C)C. The summed E-state index contributed by atoms with van der Waals surface area (Å²) in [7, 11) is 0. The minimum Gasteiger partial charge on any atom is -0.462 e. The standard InChI is InChI=1S/C42H82O5/c1-5-39(4)33-29-25-21-17-14-15-19-23-27-31-35-42(45)47-40(36-43)37-46-41(44)34-30-26-22-18-13-11-9-7-6-8-10-12-16-20-24-28-32-38(2)3/h38-40,43H,5-37H2,1-4H3/t39?,40-/m0/s1. The van der Waals surface area contributed by atoms with Crippen molar-refractivity contribution in [3.8, 4) is 0 Å². The van der Waals surface area contributed by atoms with Crippen LogP contribution in [0, 0.1) is 11.8 Å². The van der Waals surface area contributed by atoms with E-state index in [0.717, 1.165) is 43.9 Å². The molecule has 0 aromatic heterocycles. The fraction of sp³-hybridized carbons (Fsp3) is 0.952. The smallest absolute Gasteiger partial charge is 0.306 e. The average Bonchev–Trinajstić information content (AvgIpc) is 3.06. The third kappa shape index (κ3) is 36.0. The molecule has 280 valence electrons. The largest absolute Gasteiger partial charge is 0.462 e. The molecule has 5 nitrogen and oxygen atoms in total. The third-order valence-corrected chi connectivity index (χ3v) is 9.87. The predicted octanol–water partition coefficient (Wildman–Crippen LogP) is 12.8. The topological polar surface area (TPSA) is 72.8 Å². The summed E-state index contributed by atoms with van der Waals surface area (Å²) in [4.78, 5) is 24.3. The molecule has 0 saturated carbocycles. The van der Waals surface area contributed by atoms with Gasteiger partial charge in [0.15, 0.2) is 6.10 Å². The van der Waals surface area contributed by atoms with E-state index in [9.17, 15) is 14.7 Å². The molecular weight excluding hydrogens is 584 g/mol. The summed E-state index contributed by atoms with van der Waals surface area (Å²) in [6.45, 7) is 8.89. The lowest BCUT2D eigenvalue weighted by molar-refractivity contribution is -0.161. The number of hydrogen-bond donors (Lipinski definition) is 1. The van der Waals surface area contributed by atoms with Crippen LogP contribution in [0.5, 0.6) is 0 Å². The maximum atomic E-state index is 12.2. The molecule has 0 bridgehead atoms. The van der Waals surface area contributed by atoms with Crippen molar-refractivity contribution in [3.05, 3.63) is 0 Å². The lowest BCUT2D eigenvalue weighted by atomic mass is 9.99. The van der Waals surface area contributed by atoms with E-state index in [4.69, 9.17) is 9.47 Å². The first kappa shape index (κ1) is 45.9. The van der Waals surface area contributed by atoms with Gasteiger partial charge in [0.25, 0.3) is 0 Å². The maximum absolute atomic E-state index is 12.2. The second kappa shape index (κ2) is 36.2. The second-order valence-electron chi connectivity index (χ2n) is 15.2. The predicted molar refractivity (Wildman–Crippen MR) is 201 cm³/mol. The van der Waals surface area contributed by atoms with Crippen LogP contribution in [0.25, 0.3) is 0 Å². The van der Waals surface area contributed by atoms with Crippen molar-refractivity contribution < 1.29 is 24.2 Å². The summed E-state index contributed by atoms with van der Waals surface area (Å²) in [5, 5.41) is 9.56. The van der Waals surface area contributed by atoms with Gasteiger partial charge in [0.1, 0.15) is 6.61 Å². The first-order valence-electron chi connectivity index (χ1n) is 20.8. The number of unbranched alkanes of at least 4 members (excludes halogenated alkanes) is 24. The Bertz CT molecular complexity index is 663. The number of aliphatic hydroxyl groups excluding tert-OH is 1. The Morgan fingerprint density at radius 1 is 0.489 bits per heavy atom. The van der Waals surface area contributed by atoms with Crippen molar-refractivity contribution in [2.24, 2.45) is 11.8 Å². The van der Waals surface area contributed by atoms with Gasteiger partial charge in [0.2, 0.25) is 0 Å². The summed E-state index contributed by atoms with van der Waals surface area (Å²) < 4.78 is 10.6. The Hall–Kier alpha value is -1.10. The first-order valence-corrected chi connectivity index (χ1v) is 20.8. The van der Waals surface area contributed by atoms with Crippen LogP contribution in [0.4, 0.5) is 0 Å². The molecule has 0 aromatic rings. The van der Waals surface area contributed by atoms with E-state index in [1.165, 1.54) is 154 Å². The van der Waals surface area contributed by atoms with Gasteiger partial charge < -0.3 is 14.6 Å². The highest BCUT2D eigenvalue weighted by atomic mass is 16.6. The monoisotopic (exact) mass is 667 g/mol. The second-order valence-corrected chi connectivity index (χ2v) is 15.2. The summed E-state index contributed by atoms with van der Waals surface area (Å²) in [5.41, 5.74) is 0. The van der Waals surface area contributed by atoms with Gasteiger partial charge in [0.05, 0.1) is 6.61 Å². The molecule has 0 fully saturated rings. The van der Waals surface area contributed by atoms with E-state index >= 15 is 0 Å². The van der Waals surface area contributed by atoms with E-state index < -0.39 is 6.10 Å². The molecule has 47 heavy (non-hydrogen) atoms. The molecule has 0 rings (SSSR count). The van der Waals surface area contributed by atoms with Gasteiger partial charge in [-0.05, 0) is 24.7 Å². The zero-order chi connectivity index (χ0) is 34.6. The van der Waals surface area contributed by atoms with E-state index in [0.29, 0.717) is 12.8 Å². The van der Waals surface area contributed by atoms with Crippen LogP contribution in [0.3, 0.4) is 0 Å². The minimum absolute atomic E-state index is 0.0584. The summed E-state index contributed by atoms with van der Waals surface area (Å²) in [6, 6.07) is 0. The van der Waals surface area contributed by atoms with Crippen LogP contribution in [0.2, 0.25) is 0 Å². The number of carbonyl (C=O) groups excluding carboxylic acids is 2. The zero-order valence-electron chi connectivity index (χ0n) is 32.1. The van der Waals surface area contributed by atoms with Gasteiger partial charge in [0, 0.05) is 12.8 Å². The van der Waals surface area contributed by atoms with Crippen LogP contribution < -0.4 is 0 Å². The minimum atomic E-state index is -0.763. The molecule has 0 aliphatic carbocycles. The van der Waals surface area contributed by atoms with Crippen molar-refractivity contribution in [1.29, 1.82) is 0 Å². The zero-order valence-corrected chi connectivity index (χ0v) is 32.1. The van der Waals surface area contributed by atoms with Crippen molar-refractivity contribution >= 4 is 11.9 Å². The number of carbonyl (C=O) groups is 2. The lowest BCUT2D eigenvalue weighted by Gasteiger charge is -2.15. The van der Waals surface area contributed by atoms with Crippen molar-refractivity contribution in [1.82, 2.24) is 0 Å². The normalized spacial score (nSPS) is 12.8. The molecule has 0 aromatic carbocycles. The molecule has 0 spiro atoms. The van der Waals surface area contributed by atoms with Gasteiger partial charge in [-0.3, -0.25) is 9.59 Å². The Kier molecular flexibility index (Phi) is 35.3. The van der Waals surface area contributed by atoms with Gasteiger partial charge in [-0.25, -0.2) is 0 Å². The van der Waals surface area contributed by atoms with E-state index in [1.54, 1.807) is 0 Å². The highest BCUT2D eigenvalue weighted by molar-refractivity contribution is 5.70. The first-order chi connectivity index (χ1) is 22.9. The molecule has 0 amide bonds. The van der Waals surface area contributed by atoms with Gasteiger partial charge in [-0.1, -0.05) is 201 Å². The molecule has 1 N–H and O–H groups in total. The van der Waals surface area contributed by atoms with Crippen molar-refractivity contribution in [2.45, 2.75) is 233 Å². The van der Waals surface area contributed by atoms with Crippen LogP contribution in [-0.2, 0) is 19.1 Å². The molecule has 0 heterocycles. The number of ether oxygens (including phenoxy) is 2. The van der Waals surface area contributed by atoms with Crippen LogP contribution in [-0.4, -0.2) is 36.4 Å². The maximum Gasteiger partial charge on any atom is 0.306 e. The summed E-state index contributed by atoms with van der Waals surface area (Å²) >= 11 is 0. The third-order valence-electron chi connectivity index (χ3n) is 9.87. The molecular formula is C42H82O5. The Morgan fingerprint density at radius 2 is 0.830 bits per heavy atom. The quantitative estimate of drug-likeness (QED) is 0.0527.